The van der Waals surface area contributed by atoms with Gasteiger partial charge in [-0.05, 0) is 13.3 Å². The van der Waals surface area contributed by atoms with Gasteiger partial charge in [0.1, 0.15) is 0 Å². The van der Waals surface area contributed by atoms with Crippen LogP contribution >= 0.6 is 0 Å². The van der Waals surface area contributed by atoms with E-state index in [0.717, 1.165) is 0 Å². The lowest BCUT2D eigenvalue weighted by atomic mass is 10.2. The monoisotopic (exact) mass is 219 g/mol. The van der Waals surface area contributed by atoms with Crippen molar-refractivity contribution in [2.24, 2.45) is 0 Å². The number of aliphatic hydroxyl groups is 1. The average Bonchev–Trinajstić information content (AvgIpc) is 2.24. The van der Waals surface area contributed by atoms with Gasteiger partial charge in [0.15, 0.2) is 0 Å². The molecule has 88 valence electrons. The molecule has 0 heterocycles. The van der Waals surface area contributed by atoms with Crippen LogP contribution in [0.3, 0.4) is 0 Å². The highest BCUT2D eigenvalue weighted by molar-refractivity contribution is 5.70. The minimum atomic E-state index is -0.627. The van der Waals surface area contributed by atoms with E-state index >= 15 is 0 Å². The van der Waals surface area contributed by atoms with Crippen molar-refractivity contribution in [1.29, 1.82) is 0 Å². The van der Waals surface area contributed by atoms with Crippen molar-refractivity contribution in [3.05, 3.63) is 0 Å². The Labute approximate surface area is 88.6 Å². The van der Waals surface area contributed by atoms with Crippen LogP contribution in [0, 0.1) is 0 Å². The van der Waals surface area contributed by atoms with Crippen LogP contribution in [0.15, 0.2) is 0 Å². The summed E-state index contributed by atoms with van der Waals surface area (Å²) in [5.74, 6) is -0.345. The van der Waals surface area contributed by atoms with Crippen molar-refractivity contribution in [3.8, 4) is 0 Å². The zero-order valence-corrected chi connectivity index (χ0v) is 8.99. The van der Waals surface area contributed by atoms with E-state index in [0.29, 0.717) is 13.0 Å². The first-order valence-electron chi connectivity index (χ1n) is 4.75. The van der Waals surface area contributed by atoms with Crippen molar-refractivity contribution < 1.29 is 24.2 Å². The van der Waals surface area contributed by atoms with Crippen LogP contribution in [0.25, 0.3) is 0 Å². The summed E-state index contributed by atoms with van der Waals surface area (Å²) in [6.07, 6.45) is -0.147. The molecular formula is C9H17NO5. The number of carbonyl (C=O) groups excluding carboxylic acids is 2. The van der Waals surface area contributed by atoms with E-state index in [1.165, 1.54) is 7.11 Å². The van der Waals surface area contributed by atoms with Gasteiger partial charge in [0, 0.05) is 6.42 Å². The highest BCUT2D eigenvalue weighted by Crippen LogP contribution is 1.99. The normalized spacial score (nSPS) is 11.7. The van der Waals surface area contributed by atoms with E-state index in [2.05, 4.69) is 10.1 Å². The molecule has 2 N–H and O–H groups in total. The summed E-state index contributed by atoms with van der Waals surface area (Å²) in [5.41, 5.74) is 0. The first kappa shape index (κ1) is 13.7. The van der Waals surface area contributed by atoms with Crippen molar-refractivity contribution in [2.75, 3.05) is 20.3 Å². The summed E-state index contributed by atoms with van der Waals surface area (Å²) < 4.78 is 9.06. The standard InChI is InChI=1S/C9H17NO5/c1-3-15-8(12)5-4-7(6-11)10-9(13)14-2/h7,11H,3-6H2,1-2H3,(H,10,13)/t7-/m0/s1. The fourth-order valence-electron chi connectivity index (χ4n) is 0.960. The zero-order chi connectivity index (χ0) is 11.7. The van der Waals surface area contributed by atoms with Crippen molar-refractivity contribution in [1.82, 2.24) is 5.32 Å². The minimum absolute atomic E-state index is 0.156. The average molecular weight is 219 g/mol. The molecule has 6 heteroatoms. The second-order valence-corrected chi connectivity index (χ2v) is 2.86. The van der Waals surface area contributed by atoms with E-state index in [1.54, 1.807) is 6.92 Å². The largest absolute Gasteiger partial charge is 0.466 e. The summed E-state index contributed by atoms with van der Waals surface area (Å²) in [6.45, 7) is 1.80. The summed E-state index contributed by atoms with van der Waals surface area (Å²) in [5, 5.41) is 11.3. The molecule has 0 aromatic rings. The number of methoxy groups -OCH3 is 1. The smallest absolute Gasteiger partial charge is 0.407 e. The highest BCUT2D eigenvalue weighted by atomic mass is 16.5. The SMILES string of the molecule is CCOC(=O)CC[C@@H](CO)NC(=O)OC. The molecule has 0 unspecified atom stereocenters. The Morgan fingerprint density at radius 2 is 2.13 bits per heavy atom. The van der Waals surface area contributed by atoms with Crippen LogP contribution in [0.5, 0.6) is 0 Å². The van der Waals surface area contributed by atoms with Gasteiger partial charge in [-0.3, -0.25) is 4.79 Å². The van der Waals surface area contributed by atoms with Crippen molar-refractivity contribution in [3.63, 3.8) is 0 Å². The van der Waals surface area contributed by atoms with Gasteiger partial charge in [-0.1, -0.05) is 0 Å². The number of rotatable bonds is 6. The fourth-order valence-corrected chi connectivity index (χ4v) is 0.960. The van der Waals surface area contributed by atoms with Crippen molar-refractivity contribution in [2.45, 2.75) is 25.8 Å². The lowest BCUT2D eigenvalue weighted by Gasteiger charge is -2.14. The lowest BCUT2D eigenvalue weighted by molar-refractivity contribution is -0.143. The van der Waals surface area contributed by atoms with Gasteiger partial charge in [0.05, 0.1) is 26.4 Å². The van der Waals surface area contributed by atoms with Gasteiger partial charge in [-0.15, -0.1) is 0 Å². The summed E-state index contributed by atoms with van der Waals surface area (Å²) in [4.78, 5) is 21.8. The fraction of sp³-hybridized carbons (Fsp3) is 0.778. The molecule has 0 saturated heterocycles. The van der Waals surface area contributed by atoms with Crippen LogP contribution in [0.2, 0.25) is 0 Å². The molecule has 0 aliphatic heterocycles. The quantitative estimate of drug-likeness (QED) is 0.616. The van der Waals surface area contributed by atoms with E-state index in [-0.39, 0.29) is 19.0 Å². The summed E-state index contributed by atoms with van der Waals surface area (Å²) in [6, 6.07) is -0.484. The molecule has 0 aromatic heterocycles. The molecule has 1 atom stereocenters. The zero-order valence-electron chi connectivity index (χ0n) is 8.99. The Kier molecular flexibility index (Phi) is 7.35. The van der Waals surface area contributed by atoms with Crippen LogP contribution in [0.1, 0.15) is 19.8 Å². The first-order valence-corrected chi connectivity index (χ1v) is 4.75. The van der Waals surface area contributed by atoms with Gasteiger partial charge in [0.25, 0.3) is 0 Å². The second kappa shape index (κ2) is 8.05. The topological polar surface area (TPSA) is 84.9 Å². The molecule has 1 amide bonds. The third-order valence-corrected chi connectivity index (χ3v) is 1.73. The Morgan fingerprint density at radius 3 is 2.60 bits per heavy atom. The Morgan fingerprint density at radius 1 is 1.47 bits per heavy atom. The molecular weight excluding hydrogens is 202 g/mol. The molecule has 0 aliphatic rings. The predicted octanol–water partition coefficient (Wildman–Crippen LogP) is 0.0466. The lowest BCUT2D eigenvalue weighted by Crippen LogP contribution is -2.37. The van der Waals surface area contributed by atoms with Crippen LogP contribution < -0.4 is 5.32 Å². The third-order valence-electron chi connectivity index (χ3n) is 1.73. The van der Waals surface area contributed by atoms with Gasteiger partial charge < -0.3 is 19.9 Å². The van der Waals surface area contributed by atoms with Crippen LogP contribution in [-0.2, 0) is 14.3 Å². The predicted molar refractivity (Wildman–Crippen MR) is 52.3 cm³/mol. The maximum Gasteiger partial charge on any atom is 0.407 e. The molecule has 0 radical (unpaired) electrons. The molecule has 0 fully saturated rings. The van der Waals surface area contributed by atoms with Gasteiger partial charge in [-0.2, -0.15) is 0 Å². The van der Waals surface area contributed by atoms with Crippen molar-refractivity contribution >= 4 is 12.1 Å². The Balaban J connectivity index is 3.79. The highest BCUT2D eigenvalue weighted by Gasteiger charge is 2.13. The van der Waals surface area contributed by atoms with Crippen LogP contribution in [-0.4, -0.2) is 43.5 Å². The van der Waals surface area contributed by atoms with E-state index < -0.39 is 12.1 Å². The number of amides is 1. The Bertz CT molecular complexity index is 207. The van der Waals surface area contributed by atoms with Gasteiger partial charge in [0.2, 0.25) is 0 Å². The molecule has 0 aliphatic carbocycles. The number of carbonyl (C=O) groups is 2. The number of aliphatic hydroxyl groups excluding tert-OH is 1. The molecule has 6 nitrogen and oxygen atoms in total. The Hall–Kier alpha value is -1.30. The number of nitrogens with one attached hydrogen (secondary N) is 1. The third kappa shape index (κ3) is 6.73. The number of hydrogen-bond donors (Lipinski definition) is 2. The first-order chi connectivity index (χ1) is 7.13. The maximum atomic E-state index is 11.0. The van der Waals surface area contributed by atoms with E-state index in [4.69, 9.17) is 9.84 Å². The molecule has 0 spiro atoms. The van der Waals surface area contributed by atoms with Gasteiger partial charge in [-0.25, -0.2) is 4.79 Å². The molecule has 15 heavy (non-hydrogen) atoms. The van der Waals surface area contributed by atoms with Crippen LogP contribution in [0.4, 0.5) is 4.79 Å². The maximum absolute atomic E-state index is 11.0. The summed E-state index contributed by atoms with van der Waals surface area (Å²) >= 11 is 0. The van der Waals surface area contributed by atoms with Gasteiger partial charge >= 0.3 is 12.1 Å². The number of alkyl carbamates (subject to hydrolysis) is 1. The summed E-state index contributed by atoms with van der Waals surface area (Å²) in [7, 11) is 1.23. The van der Waals surface area contributed by atoms with E-state index in [1.807, 2.05) is 0 Å². The van der Waals surface area contributed by atoms with E-state index in [9.17, 15) is 9.59 Å². The number of hydrogen-bond acceptors (Lipinski definition) is 5. The number of ether oxygens (including phenoxy) is 2. The minimum Gasteiger partial charge on any atom is -0.466 e. The molecule has 0 bridgehead atoms. The molecule has 0 rings (SSSR count). The second-order valence-electron chi connectivity index (χ2n) is 2.86. The molecule has 0 aromatic carbocycles. The number of esters is 1. The molecule has 0 saturated carbocycles.